The Kier molecular flexibility index (Phi) is 5.89. The van der Waals surface area contributed by atoms with E-state index in [0.29, 0.717) is 5.69 Å². The predicted molar refractivity (Wildman–Crippen MR) is 117 cm³/mol. The van der Waals surface area contributed by atoms with Crippen molar-refractivity contribution in [1.29, 1.82) is 0 Å². The van der Waals surface area contributed by atoms with Crippen molar-refractivity contribution < 1.29 is 25.0 Å². The molecule has 0 unspecified atom stereocenters. The number of aromatic nitrogens is 3. The van der Waals surface area contributed by atoms with Crippen LogP contribution in [-0.4, -0.2) is 61.9 Å². The maximum atomic E-state index is 11.8. The van der Waals surface area contributed by atoms with Gasteiger partial charge in [0.15, 0.2) is 11.2 Å². The molecule has 1 fully saturated rings. The molecular formula is C17H22ClN13O3+2. The van der Waals surface area contributed by atoms with Gasteiger partial charge in [-0.3, -0.25) is 16.0 Å². The van der Waals surface area contributed by atoms with E-state index in [-0.39, 0.29) is 36.5 Å². The number of anilines is 1. The molecule has 0 bridgehead atoms. The number of carbonyl (C=O) groups is 1. The number of rotatable bonds is 7. The molecule has 1 aliphatic heterocycles. The zero-order chi connectivity index (χ0) is 24.6. The number of guanidine groups is 1. The molecule has 0 amide bonds. The first-order valence-electron chi connectivity index (χ1n) is 10.1. The maximum absolute atomic E-state index is 11.8. The Morgan fingerprint density at radius 1 is 1.29 bits per heavy atom. The van der Waals surface area contributed by atoms with Crippen LogP contribution in [-0.2, 0) is 0 Å². The van der Waals surface area contributed by atoms with Crippen LogP contribution in [0.2, 0.25) is 0 Å². The number of nitrogens with two attached hydrogens (primary N) is 2. The summed E-state index contributed by atoms with van der Waals surface area (Å²) in [5, 5.41) is 30.3. The quantitative estimate of drug-likeness (QED) is 0.105. The first-order chi connectivity index (χ1) is 16.3. The third-order valence-corrected chi connectivity index (χ3v) is 7.11. The number of imidazole rings is 1. The highest BCUT2D eigenvalue weighted by Crippen LogP contribution is 2.54. The number of nitrogens with zero attached hydrogens (tertiary/aromatic N) is 7. The molecule has 17 heteroatoms. The van der Waals surface area contributed by atoms with Crippen molar-refractivity contribution in [2.45, 2.75) is 23.1 Å². The van der Waals surface area contributed by atoms with Gasteiger partial charge in [-0.2, -0.15) is 0 Å². The fourth-order valence-electron chi connectivity index (χ4n) is 5.20. The lowest BCUT2D eigenvalue weighted by molar-refractivity contribution is -0.556. The first-order valence-corrected chi connectivity index (χ1v) is 10.5. The van der Waals surface area contributed by atoms with Crippen LogP contribution in [0.3, 0.4) is 0 Å². The first kappa shape index (κ1) is 23.1. The lowest BCUT2D eigenvalue weighted by Gasteiger charge is -2.33. The van der Waals surface area contributed by atoms with Gasteiger partial charge in [0, 0.05) is 22.9 Å². The van der Waals surface area contributed by atoms with Crippen molar-refractivity contribution in [3.05, 3.63) is 50.6 Å². The smallest absolute Gasteiger partial charge is 0.364 e. The van der Waals surface area contributed by atoms with Crippen LogP contribution >= 0.6 is 11.6 Å². The Morgan fingerprint density at radius 3 is 2.56 bits per heavy atom. The Hall–Kier alpha value is -4.10. The Morgan fingerprint density at radius 2 is 1.97 bits per heavy atom. The van der Waals surface area contributed by atoms with Gasteiger partial charge in [-0.25, -0.2) is 19.3 Å². The van der Waals surface area contributed by atoms with Gasteiger partial charge in [-0.15, -0.1) is 11.6 Å². The van der Waals surface area contributed by atoms with Crippen LogP contribution in [0.5, 0.6) is 0 Å². The minimum Gasteiger partial charge on any atom is -0.476 e. The SMILES string of the molecule is [N-]=[N+]=NC[C@@H]1[C@@H](CN=[N+]=[N-])[C@H](c2[nH]c(N)[nH+]c2-n2cccc2C(=O)O)[C@]2(NC(N)=[NH+][C@H]2O)[C@H]1Cl. The molecule has 1 aliphatic carbocycles. The predicted octanol–water partition coefficient (Wildman–Crippen LogP) is -1.49. The molecule has 34 heavy (non-hydrogen) atoms. The molecule has 3 heterocycles. The zero-order valence-corrected chi connectivity index (χ0v) is 18.3. The van der Waals surface area contributed by atoms with E-state index in [1.807, 2.05) is 0 Å². The van der Waals surface area contributed by atoms with Crippen molar-refractivity contribution in [3.63, 3.8) is 0 Å². The summed E-state index contributed by atoms with van der Waals surface area (Å²) in [6.07, 6.45) is 0.230. The van der Waals surface area contributed by atoms with Crippen LogP contribution in [0.4, 0.5) is 5.95 Å². The number of aromatic carboxylic acids is 1. The summed E-state index contributed by atoms with van der Waals surface area (Å²) >= 11 is 6.92. The molecule has 0 radical (unpaired) electrons. The van der Waals surface area contributed by atoms with E-state index in [4.69, 9.17) is 34.1 Å². The molecule has 1 spiro atoms. The van der Waals surface area contributed by atoms with E-state index in [9.17, 15) is 15.0 Å². The Balaban J connectivity index is 1.96. The molecule has 178 valence electrons. The maximum Gasteiger partial charge on any atom is 0.364 e. The number of azide groups is 2. The molecule has 2 aromatic heterocycles. The number of aromatic amines is 2. The number of nitrogen functional groups attached to an aromatic ring is 1. The molecule has 4 rings (SSSR count). The summed E-state index contributed by atoms with van der Waals surface area (Å²) in [4.78, 5) is 26.1. The second kappa shape index (κ2) is 8.68. The highest BCUT2D eigenvalue weighted by atomic mass is 35.5. The molecule has 6 atom stereocenters. The van der Waals surface area contributed by atoms with E-state index in [1.54, 1.807) is 6.07 Å². The largest absolute Gasteiger partial charge is 0.476 e. The van der Waals surface area contributed by atoms with Gasteiger partial charge in [-0.1, -0.05) is 10.2 Å². The monoisotopic (exact) mass is 491 g/mol. The number of nitrogens with one attached hydrogen (secondary N) is 4. The molecule has 1 saturated carbocycles. The molecule has 2 aliphatic rings. The minimum absolute atomic E-state index is 0.0488. The number of carboxylic acids is 1. The second-order valence-electron chi connectivity index (χ2n) is 8.05. The average Bonchev–Trinajstić information content (AvgIpc) is 3.52. The molecule has 10 N–H and O–H groups in total. The number of H-pyrrole nitrogens is 2. The Bertz CT molecular complexity index is 1240. The number of alkyl halides is 1. The van der Waals surface area contributed by atoms with Gasteiger partial charge in [0.1, 0.15) is 5.69 Å². The summed E-state index contributed by atoms with van der Waals surface area (Å²) in [7, 11) is 0. The lowest BCUT2D eigenvalue weighted by atomic mass is 9.79. The van der Waals surface area contributed by atoms with Gasteiger partial charge >= 0.3 is 17.9 Å². The van der Waals surface area contributed by atoms with E-state index >= 15 is 0 Å². The highest BCUT2D eigenvalue weighted by Gasteiger charge is 2.69. The van der Waals surface area contributed by atoms with Gasteiger partial charge in [0.05, 0.1) is 17.5 Å². The highest BCUT2D eigenvalue weighted by molar-refractivity contribution is 6.22. The standard InChI is InChI=1S/C17H20ClN13O3/c18-11-7(5-24-30-22)6(4-23-29-21)9(17(11)14(34)27-16(20)28-17)10-12(26-15(19)25-10)31-3-1-2-8(31)13(32)33/h1-3,6-7,9,11,14,34H,4-5H2,(H,32,33)(H3,19,25,26)(H3,20,27,28)/p+2/t6-,7-,9-,11+,14+,17+/m1/s1. The van der Waals surface area contributed by atoms with Crippen molar-refractivity contribution in [2.75, 3.05) is 18.8 Å². The third kappa shape index (κ3) is 3.41. The Labute approximate surface area is 195 Å². The molecule has 2 aromatic rings. The van der Waals surface area contributed by atoms with E-state index in [0.717, 1.165) is 0 Å². The number of halogens is 1. The molecule has 16 nitrogen and oxygen atoms in total. The van der Waals surface area contributed by atoms with Crippen LogP contribution in [0.15, 0.2) is 28.6 Å². The number of hydrogen-bond acceptors (Lipinski definition) is 7. The molecule has 0 aromatic carbocycles. The molecule has 0 saturated heterocycles. The van der Waals surface area contributed by atoms with E-state index in [2.05, 4.69) is 40.3 Å². The summed E-state index contributed by atoms with van der Waals surface area (Å²) in [6, 6.07) is 2.96. The van der Waals surface area contributed by atoms with E-state index < -0.39 is 40.9 Å². The average molecular weight is 492 g/mol. The van der Waals surface area contributed by atoms with Crippen LogP contribution in [0.25, 0.3) is 26.7 Å². The van der Waals surface area contributed by atoms with E-state index in [1.165, 1.54) is 16.8 Å². The van der Waals surface area contributed by atoms with Gasteiger partial charge in [-0.05, 0) is 35.0 Å². The zero-order valence-electron chi connectivity index (χ0n) is 17.5. The number of aliphatic hydroxyl groups excluding tert-OH is 1. The van der Waals surface area contributed by atoms with Gasteiger partial charge in [0.2, 0.25) is 12.0 Å². The van der Waals surface area contributed by atoms with Crippen LogP contribution in [0.1, 0.15) is 22.1 Å². The lowest BCUT2D eigenvalue weighted by Crippen LogP contribution is -2.82. The fraction of sp³-hybridized carbons (Fsp3) is 0.471. The number of aliphatic hydroxyl groups is 1. The van der Waals surface area contributed by atoms with Crippen molar-refractivity contribution >= 4 is 29.5 Å². The van der Waals surface area contributed by atoms with Crippen molar-refractivity contribution in [1.82, 2.24) is 14.9 Å². The summed E-state index contributed by atoms with van der Waals surface area (Å²) < 4.78 is 1.38. The normalized spacial score (nSPS) is 29.8. The van der Waals surface area contributed by atoms with Crippen molar-refractivity contribution in [3.8, 4) is 5.82 Å². The fourth-order valence-corrected chi connectivity index (χ4v) is 5.77. The second-order valence-corrected chi connectivity index (χ2v) is 8.52. The number of carboxylic acid groups (broad SMARTS) is 1. The summed E-state index contributed by atoms with van der Waals surface area (Å²) in [5.74, 6) is -2.64. The molecular weight excluding hydrogens is 470 g/mol. The topological polar surface area (TPSA) is 268 Å². The van der Waals surface area contributed by atoms with Crippen molar-refractivity contribution in [2.24, 2.45) is 27.8 Å². The summed E-state index contributed by atoms with van der Waals surface area (Å²) in [6.45, 7) is -0.121. The summed E-state index contributed by atoms with van der Waals surface area (Å²) in [5.41, 5.74) is 28.9. The van der Waals surface area contributed by atoms with Crippen LogP contribution in [0, 0.1) is 11.8 Å². The van der Waals surface area contributed by atoms with Gasteiger partial charge < -0.3 is 15.9 Å². The minimum atomic E-state index is -1.37. The van der Waals surface area contributed by atoms with Gasteiger partial charge in [0.25, 0.3) is 0 Å². The number of hydrogen-bond donors (Lipinski definition) is 7. The van der Waals surface area contributed by atoms with Crippen LogP contribution < -0.4 is 26.8 Å². The third-order valence-electron chi connectivity index (χ3n) is 6.43.